The lowest BCUT2D eigenvalue weighted by Gasteiger charge is -2.61. The van der Waals surface area contributed by atoms with Gasteiger partial charge < -0.3 is 14.4 Å². The van der Waals surface area contributed by atoms with Gasteiger partial charge in [-0.05, 0) is 130 Å². The summed E-state index contributed by atoms with van der Waals surface area (Å²) in [7, 11) is 1.71. The Bertz CT molecular complexity index is 1030. The maximum atomic E-state index is 12.3. The maximum Gasteiger partial charge on any atom is 0.303 e. The Morgan fingerprint density at radius 1 is 0.973 bits per heavy atom. The normalized spacial score (nSPS) is 42.6. The molecule has 1 aromatic carbocycles. The molecule has 6 rings (SSSR count). The summed E-state index contributed by atoms with van der Waals surface area (Å²) < 4.78 is 11.5. The molecule has 4 nitrogen and oxygen atoms in total. The third-order valence-electron chi connectivity index (χ3n) is 11.9. The summed E-state index contributed by atoms with van der Waals surface area (Å²) in [6, 6.07) is 9.12. The van der Waals surface area contributed by atoms with Crippen molar-refractivity contribution in [2.45, 2.75) is 97.1 Å². The molecule has 5 fully saturated rings. The molecule has 1 aliphatic heterocycles. The zero-order chi connectivity index (χ0) is 25.8. The Kier molecular flexibility index (Phi) is 6.70. The first-order valence-electron chi connectivity index (χ1n) is 15.1. The van der Waals surface area contributed by atoms with Gasteiger partial charge in [0.25, 0.3) is 0 Å². The van der Waals surface area contributed by atoms with E-state index < -0.39 is 0 Å². The monoisotopic (exact) mass is 505 g/mol. The summed E-state index contributed by atoms with van der Waals surface area (Å²) in [5, 5.41) is 0. The van der Waals surface area contributed by atoms with Crippen LogP contribution in [0.5, 0.6) is 5.75 Å². The molecule has 5 aliphatic rings. The van der Waals surface area contributed by atoms with E-state index in [0.29, 0.717) is 11.3 Å². The van der Waals surface area contributed by atoms with Crippen LogP contribution in [0.25, 0.3) is 6.08 Å². The molecule has 0 bridgehead atoms. The van der Waals surface area contributed by atoms with Gasteiger partial charge in [0.15, 0.2) is 0 Å². The first-order valence-corrected chi connectivity index (χ1v) is 15.1. The second-order valence-electron chi connectivity index (χ2n) is 13.6. The quantitative estimate of drug-likeness (QED) is 0.408. The molecule has 1 heterocycles. The van der Waals surface area contributed by atoms with Gasteiger partial charge in [-0.3, -0.25) is 4.79 Å². The van der Waals surface area contributed by atoms with Crippen LogP contribution in [0.2, 0.25) is 0 Å². The molecule has 8 atom stereocenters. The SMILES string of the molecule is COc1ccc(/C=C2\C[C@H]3[C@@H]4CC[C@H]5C[C@@H](N6CCCC6)CC[C@]5(C)[C@H]4CC[C@]3(C)[C@H]2OC(C)=O)cc1. The number of nitrogens with zero attached hydrogens (tertiary/aromatic N) is 1. The largest absolute Gasteiger partial charge is 0.497 e. The van der Waals surface area contributed by atoms with Crippen molar-refractivity contribution in [3.05, 3.63) is 35.4 Å². The van der Waals surface area contributed by atoms with Gasteiger partial charge in [-0.25, -0.2) is 0 Å². The van der Waals surface area contributed by atoms with Gasteiger partial charge >= 0.3 is 5.97 Å². The zero-order valence-corrected chi connectivity index (χ0v) is 23.5. The van der Waals surface area contributed by atoms with E-state index in [4.69, 9.17) is 9.47 Å². The summed E-state index contributed by atoms with van der Waals surface area (Å²) in [4.78, 5) is 15.1. The fourth-order valence-corrected chi connectivity index (χ4v) is 9.94. The first kappa shape index (κ1) is 25.5. The van der Waals surface area contributed by atoms with Crippen LogP contribution < -0.4 is 4.74 Å². The number of carbonyl (C=O) groups excluding carboxylic acids is 1. The lowest BCUT2D eigenvalue weighted by molar-refractivity contribution is -0.160. The minimum atomic E-state index is -0.148. The fourth-order valence-electron chi connectivity index (χ4n) is 9.94. The number of ether oxygens (including phenoxy) is 2. The van der Waals surface area contributed by atoms with Crippen molar-refractivity contribution in [2.75, 3.05) is 20.2 Å². The van der Waals surface area contributed by atoms with E-state index in [-0.39, 0.29) is 17.5 Å². The minimum Gasteiger partial charge on any atom is -0.497 e. The van der Waals surface area contributed by atoms with Crippen LogP contribution in [-0.4, -0.2) is 43.2 Å². The van der Waals surface area contributed by atoms with Gasteiger partial charge in [-0.15, -0.1) is 0 Å². The van der Waals surface area contributed by atoms with E-state index in [0.717, 1.165) is 36.0 Å². The third-order valence-corrected chi connectivity index (χ3v) is 11.9. The molecule has 202 valence electrons. The topological polar surface area (TPSA) is 38.8 Å². The van der Waals surface area contributed by atoms with Crippen LogP contribution in [0.15, 0.2) is 29.8 Å². The predicted octanol–water partition coefficient (Wildman–Crippen LogP) is 7.13. The predicted molar refractivity (Wildman–Crippen MR) is 148 cm³/mol. The van der Waals surface area contributed by atoms with Gasteiger partial charge in [-0.1, -0.05) is 32.1 Å². The second kappa shape index (κ2) is 9.74. The summed E-state index contributed by atoms with van der Waals surface area (Å²) in [6.07, 6.45) is 15.5. The number of methoxy groups -OCH3 is 1. The molecule has 0 amide bonds. The summed E-state index contributed by atoms with van der Waals surface area (Å²) >= 11 is 0. The Hall–Kier alpha value is -1.81. The van der Waals surface area contributed by atoms with Gasteiger partial charge in [0.2, 0.25) is 0 Å². The van der Waals surface area contributed by atoms with Gasteiger partial charge in [0.1, 0.15) is 11.9 Å². The molecular formula is C33H47NO3. The lowest BCUT2D eigenvalue weighted by atomic mass is 9.45. The van der Waals surface area contributed by atoms with E-state index in [1.165, 1.54) is 82.0 Å². The van der Waals surface area contributed by atoms with E-state index in [9.17, 15) is 4.79 Å². The lowest BCUT2D eigenvalue weighted by Crippen LogP contribution is -2.55. The molecule has 0 spiro atoms. The summed E-state index contributed by atoms with van der Waals surface area (Å²) in [5.74, 6) is 3.79. The van der Waals surface area contributed by atoms with E-state index in [2.05, 4.69) is 37.0 Å². The van der Waals surface area contributed by atoms with Gasteiger partial charge in [-0.2, -0.15) is 0 Å². The van der Waals surface area contributed by atoms with Crippen molar-refractivity contribution in [2.24, 2.45) is 34.5 Å². The second-order valence-corrected chi connectivity index (χ2v) is 13.6. The Morgan fingerprint density at radius 3 is 2.41 bits per heavy atom. The van der Waals surface area contributed by atoms with Gasteiger partial charge in [0, 0.05) is 18.4 Å². The summed E-state index contributed by atoms with van der Waals surface area (Å²) in [6.45, 7) is 9.36. The Morgan fingerprint density at radius 2 is 1.70 bits per heavy atom. The number of fused-ring (bicyclic) bond motifs is 5. The van der Waals surface area contributed by atoms with Gasteiger partial charge in [0.05, 0.1) is 7.11 Å². The van der Waals surface area contributed by atoms with E-state index in [1.807, 2.05) is 12.1 Å². The number of carbonyl (C=O) groups is 1. The fraction of sp³-hybridized carbons (Fsp3) is 0.727. The van der Waals surface area contributed by atoms with Crippen molar-refractivity contribution in [3.8, 4) is 5.75 Å². The molecule has 4 aliphatic carbocycles. The molecule has 0 N–H and O–H groups in total. The number of likely N-dealkylation sites (tertiary alicyclic amines) is 1. The Labute approximate surface area is 224 Å². The van der Waals surface area contributed by atoms with Crippen molar-refractivity contribution < 1.29 is 14.3 Å². The number of hydrogen-bond acceptors (Lipinski definition) is 4. The average Bonchev–Trinajstić information content (AvgIpc) is 3.51. The average molecular weight is 506 g/mol. The third kappa shape index (κ3) is 4.36. The number of benzene rings is 1. The maximum absolute atomic E-state index is 12.3. The van der Waals surface area contributed by atoms with Crippen LogP contribution in [0.3, 0.4) is 0 Å². The van der Waals surface area contributed by atoms with Crippen LogP contribution in [0, 0.1) is 34.5 Å². The minimum absolute atomic E-state index is 0.0427. The van der Waals surface area contributed by atoms with Crippen LogP contribution in [-0.2, 0) is 9.53 Å². The highest BCUT2D eigenvalue weighted by atomic mass is 16.5. The molecule has 4 saturated carbocycles. The highest BCUT2D eigenvalue weighted by Crippen LogP contribution is 2.67. The molecule has 37 heavy (non-hydrogen) atoms. The van der Waals surface area contributed by atoms with Crippen LogP contribution >= 0.6 is 0 Å². The molecule has 0 aromatic heterocycles. The first-order chi connectivity index (χ1) is 17.8. The molecule has 1 saturated heterocycles. The van der Waals surface area contributed by atoms with Crippen LogP contribution in [0.1, 0.15) is 90.5 Å². The van der Waals surface area contributed by atoms with Crippen LogP contribution in [0.4, 0.5) is 0 Å². The number of rotatable bonds is 4. The van der Waals surface area contributed by atoms with Crippen molar-refractivity contribution in [3.63, 3.8) is 0 Å². The standard InChI is InChI=1S/C33H47NO3/c1-22(35)37-31-24(19-23-7-10-27(36-4)11-8-23)20-30-28-12-9-25-21-26(34-17-5-6-18-34)13-15-32(25,2)29(28)14-16-33(30,31)3/h7-8,10-11,19,25-26,28-31H,5-6,9,12-18,20-21H2,1-4H3/b24-19+/t25-,26-,28+,29-,30-,31-,32-,33-/m0/s1. The highest BCUT2D eigenvalue weighted by Gasteiger charge is 2.62. The molecule has 0 unspecified atom stereocenters. The Balaban J connectivity index is 1.26. The smallest absolute Gasteiger partial charge is 0.303 e. The van der Waals surface area contributed by atoms with E-state index >= 15 is 0 Å². The molecule has 0 radical (unpaired) electrons. The highest BCUT2D eigenvalue weighted by molar-refractivity contribution is 5.67. The molecular weight excluding hydrogens is 458 g/mol. The molecule has 4 heteroatoms. The summed E-state index contributed by atoms with van der Waals surface area (Å²) in [5.41, 5.74) is 3.02. The van der Waals surface area contributed by atoms with E-state index in [1.54, 1.807) is 14.0 Å². The van der Waals surface area contributed by atoms with Crippen molar-refractivity contribution in [1.29, 1.82) is 0 Å². The molecule has 1 aromatic rings. The van der Waals surface area contributed by atoms with Crippen molar-refractivity contribution >= 4 is 12.0 Å². The number of esters is 1. The zero-order valence-electron chi connectivity index (χ0n) is 23.5. The van der Waals surface area contributed by atoms with Crippen molar-refractivity contribution in [1.82, 2.24) is 4.90 Å². The number of hydrogen-bond donors (Lipinski definition) is 0.